The third-order valence-corrected chi connectivity index (χ3v) is 6.28. The van der Waals surface area contributed by atoms with Gasteiger partial charge in [-0.1, -0.05) is 18.2 Å². The largest absolute Gasteiger partial charge is 0.496 e. The van der Waals surface area contributed by atoms with Crippen LogP contribution in [0.25, 0.3) is 0 Å². The zero-order chi connectivity index (χ0) is 22.0. The highest BCUT2D eigenvalue weighted by Gasteiger charge is 2.54. The first-order chi connectivity index (χ1) is 15.7. The van der Waals surface area contributed by atoms with E-state index in [4.69, 9.17) is 4.74 Å². The molecule has 0 radical (unpaired) electrons. The van der Waals surface area contributed by atoms with Crippen LogP contribution in [-0.2, 0) is 10.2 Å². The monoisotopic (exact) mass is 430 g/mol. The summed E-state index contributed by atoms with van der Waals surface area (Å²) in [5.41, 5.74) is 1.51. The molecule has 0 unspecified atom stereocenters. The van der Waals surface area contributed by atoms with Gasteiger partial charge in [-0.3, -0.25) is 9.78 Å². The van der Waals surface area contributed by atoms with Crippen molar-refractivity contribution in [3.8, 4) is 5.75 Å². The standard InChI is InChI=1S/C24H26N6O2/c1-32-20-5-3-2-4-19(20)24(10-11-24)23(31)30-16-14-29(15-17-30)22-7-6-21(27-28-22)26-18-8-12-25-13-9-18/h2-9,12-13H,10-11,14-17H2,1H3,(H,25,26,27). The normalized spacial score (nSPS) is 17.0. The quantitative estimate of drug-likeness (QED) is 0.644. The molecule has 2 aliphatic rings. The van der Waals surface area contributed by atoms with E-state index in [1.54, 1.807) is 19.5 Å². The highest BCUT2D eigenvalue weighted by molar-refractivity contribution is 5.92. The molecule has 0 bridgehead atoms. The number of carbonyl (C=O) groups is 1. The highest BCUT2D eigenvalue weighted by atomic mass is 16.5. The number of nitrogens with zero attached hydrogens (tertiary/aromatic N) is 5. The van der Waals surface area contributed by atoms with E-state index in [9.17, 15) is 4.79 Å². The number of hydrogen-bond donors (Lipinski definition) is 1. The molecule has 1 aliphatic heterocycles. The molecule has 8 nitrogen and oxygen atoms in total. The molecule has 0 spiro atoms. The average Bonchev–Trinajstić information content (AvgIpc) is 3.67. The second-order valence-corrected chi connectivity index (χ2v) is 8.20. The lowest BCUT2D eigenvalue weighted by Crippen LogP contribution is -2.51. The summed E-state index contributed by atoms with van der Waals surface area (Å²) in [5.74, 6) is 2.52. The number of rotatable bonds is 6. The number of carbonyl (C=O) groups excluding carboxylic acids is 1. The Bertz CT molecular complexity index is 1080. The van der Waals surface area contributed by atoms with Gasteiger partial charge < -0.3 is 19.9 Å². The van der Waals surface area contributed by atoms with E-state index >= 15 is 0 Å². The molecule has 1 saturated heterocycles. The summed E-state index contributed by atoms with van der Waals surface area (Å²) in [7, 11) is 1.66. The summed E-state index contributed by atoms with van der Waals surface area (Å²) < 4.78 is 5.53. The maximum Gasteiger partial charge on any atom is 0.233 e. The van der Waals surface area contributed by atoms with Gasteiger partial charge in [0.2, 0.25) is 5.91 Å². The van der Waals surface area contributed by atoms with Gasteiger partial charge in [0.05, 0.1) is 12.5 Å². The Kier molecular flexibility index (Phi) is 5.34. The van der Waals surface area contributed by atoms with Gasteiger partial charge in [-0.25, -0.2) is 0 Å². The van der Waals surface area contributed by atoms with Crippen molar-refractivity contribution in [2.75, 3.05) is 43.5 Å². The Morgan fingerprint density at radius 2 is 1.72 bits per heavy atom. The highest BCUT2D eigenvalue weighted by Crippen LogP contribution is 2.52. The number of piperazine rings is 1. The van der Waals surface area contributed by atoms with E-state index in [-0.39, 0.29) is 5.91 Å². The van der Waals surface area contributed by atoms with Crippen molar-refractivity contribution in [2.45, 2.75) is 18.3 Å². The summed E-state index contributed by atoms with van der Waals surface area (Å²) in [6, 6.07) is 15.5. The van der Waals surface area contributed by atoms with Gasteiger partial charge in [0, 0.05) is 49.8 Å². The minimum atomic E-state index is -0.422. The fraction of sp³-hybridized carbons (Fsp3) is 0.333. The lowest BCUT2D eigenvalue weighted by atomic mass is 9.93. The van der Waals surface area contributed by atoms with Crippen molar-refractivity contribution in [3.63, 3.8) is 0 Å². The van der Waals surface area contributed by atoms with Crippen LogP contribution in [0.3, 0.4) is 0 Å². The first-order valence-corrected chi connectivity index (χ1v) is 10.9. The molecule has 2 fully saturated rings. The van der Waals surface area contributed by atoms with E-state index in [2.05, 4.69) is 25.4 Å². The molecule has 1 aromatic carbocycles. The van der Waals surface area contributed by atoms with Crippen LogP contribution < -0.4 is 15.0 Å². The van der Waals surface area contributed by atoms with E-state index in [0.29, 0.717) is 18.9 Å². The SMILES string of the molecule is COc1ccccc1C1(C(=O)N2CCN(c3ccc(Nc4ccncc4)nn3)CC2)CC1. The first-order valence-electron chi connectivity index (χ1n) is 10.9. The van der Waals surface area contributed by atoms with Gasteiger partial charge in [0.1, 0.15) is 5.75 Å². The number of aromatic nitrogens is 3. The van der Waals surface area contributed by atoms with Gasteiger partial charge >= 0.3 is 0 Å². The second-order valence-electron chi connectivity index (χ2n) is 8.20. The minimum absolute atomic E-state index is 0.213. The molecule has 5 rings (SSSR count). The van der Waals surface area contributed by atoms with Crippen LogP contribution in [0.5, 0.6) is 5.75 Å². The van der Waals surface area contributed by atoms with E-state index in [1.807, 2.05) is 53.4 Å². The molecule has 1 aliphatic carbocycles. The Hall–Kier alpha value is -3.68. The molecule has 164 valence electrons. The first kappa shape index (κ1) is 20.2. The van der Waals surface area contributed by atoms with Gasteiger partial charge in [0.25, 0.3) is 0 Å². The Labute approximate surface area is 187 Å². The Balaban J connectivity index is 1.21. The smallest absolute Gasteiger partial charge is 0.233 e. The van der Waals surface area contributed by atoms with Crippen LogP contribution >= 0.6 is 0 Å². The Morgan fingerprint density at radius 3 is 2.38 bits per heavy atom. The lowest BCUT2D eigenvalue weighted by Gasteiger charge is -2.37. The number of hydrogen-bond acceptors (Lipinski definition) is 7. The van der Waals surface area contributed by atoms with Crippen molar-refractivity contribution in [1.29, 1.82) is 0 Å². The maximum absolute atomic E-state index is 13.4. The zero-order valence-electron chi connectivity index (χ0n) is 18.1. The van der Waals surface area contributed by atoms with Crippen LogP contribution in [0, 0.1) is 0 Å². The molecular formula is C24H26N6O2. The molecular weight excluding hydrogens is 404 g/mol. The third kappa shape index (κ3) is 3.84. The molecule has 2 aromatic heterocycles. The fourth-order valence-corrected chi connectivity index (χ4v) is 4.35. The van der Waals surface area contributed by atoms with Gasteiger partial charge in [0.15, 0.2) is 11.6 Å². The zero-order valence-corrected chi connectivity index (χ0v) is 18.1. The second kappa shape index (κ2) is 8.45. The molecule has 3 aromatic rings. The summed E-state index contributed by atoms with van der Waals surface area (Å²) >= 11 is 0. The fourth-order valence-electron chi connectivity index (χ4n) is 4.35. The minimum Gasteiger partial charge on any atom is -0.496 e. The van der Waals surface area contributed by atoms with E-state index < -0.39 is 5.41 Å². The van der Waals surface area contributed by atoms with Crippen molar-refractivity contribution in [2.24, 2.45) is 0 Å². The van der Waals surface area contributed by atoms with Gasteiger partial charge in [-0.05, 0) is 43.2 Å². The number of methoxy groups -OCH3 is 1. The number of para-hydroxylation sites is 1. The lowest BCUT2D eigenvalue weighted by molar-refractivity contribution is -0.134. The number of ether oxygens (including phenoxy) is 1. The molecule has 3 heterocycles. The Morgan fingerprint density at radius 1 is 0.969 bits per heavy atom. The molecule has 1 amide bonds. The summed E-state index contributed by atoms with van der Waals surface area (Å²) in [6.07, 6.45) is 5.21. The van der Waals surface area contributed by atoms with E-state index in [1.165, 1.54) is 0 Å². The number of anilines is 3. The predicted molar refractivity (Wildman–Crippen MR) is 122 cm³/mol. The van der Waals surface area contributed by atoms with Gasteiger partial charge in [-0.15, -0.1) is 10.2 Å². The third-order valence-electron chi connectivity index (χ3n) is 6.28. The van der Waals surface area contributed by atoms with E-state index in [0.717, 1.165) is 48.7 Å². The van der Waals surface area contributed by atoms with Crippen molar-refractivity contribution in [1.82, 2.24) is 20.1 Å². The molecule has 32 heavy (non-hydrogen) atoms. The number of amides is 1. The number of benzene rings is 1. The van der Waals surface area contributed by atoms with Crippen LogP contribution in [0.2, 0.25) is 0 Å². The number of nitrogens with one attached hydrogen (secondary N) is 1. The van der Waals surface area contributed by atoms with Gasteiger partial charge in [-0.2, -0.15) is 0 Å². The topological polar surface area (TPSA) is 83.5 Å². The van der Waals surface area contributed by atoms with Crippen molar-refractivity contribution < 1.29 is 9.53 Å². The number of pyridine rings is 1. The maximum atomic E-state index is 13.4. The average molecular weight is 431 g/mol. The molecule has 1 saturated carbocycles. The van der Waals surface area contributed by atoms with Crippen molar-refractivity contribution in [3.05, 3.63) is 66.5 Å². The van der Waals surface area contributed by atoms with Crippen LogP contribution in [-0.4, -0.2) is 59.3 Å². The summed E-state index contributed by atoms with van der Waals surface area (Å²) in [4.78, 5) is 21.6. The van der Waals surface area contributed by atoms with Crippen LogP contribution in [0.1, 0.15) is 18.4 Å². The molecule has 0 atom stereocenters. The molecule has 8 heteroatoms. The van der Waals surface area contributed by atoms with Crippen molar-refractivity contribution >= 4 is 23.2 Å². The summed E-state index contributed by atoms with van der Waals surface area (Å²) in [6.45, 7) is 2.82. The summed E-state index contributed by atoms with van der Waals surface area (Å²) in [5, 5.41) is 11.9. The van der Waals surface area contributed by atoms with Crippen LogP contribution in [0.15, 0.2) is 60.9 Å². The van der Waals surface area contributed by atoms with Crippen LogP contribution in [0.4, 0.5) is 17.3 Å². The predicted octanol–water partition coefficient (Wildman–Crippen LogP) is 3.00. The molecule has 1 N–H and O–H groups in total.